The van der Waals surface area contributed by atoms with E-state index in [0.29, 0.717) is 6.79 Å². The molecule has 1 atom stereocenters. The summed E-state index contributed by atoms with van der Waals surface area (Å²) in [5, 5.41) is 2.47. The van der Waals surface area contributed by atoms with Gasteiger partial charge in [-0.1, -0.05) is 0 Å². The lowest BCUT2D eigenvalue weighted by Gasteiger charge is -2.22. The summed E-state index contributed by atoms with van der Waals surface area (Å²) in [4.78, 5) is 12.1. The maximum Gasteiger partial charge on any atom is 0.147 e. The van der Waals surface area contributed by atoms with Crippen LogP contribution in [0.2, 0.25) is 0 Å². The molecule has 22 heavy (non-hydrogen) atoms. The zero-order chi connectivity index (χ0) is 14.9. The number of ether oxygens (including phenoxy) is 2. The van der Waals surface area contributed by atoms with Gasteiger partial charge in [0.05, 0.1) is 12.7 Å². The van der Waals surface area contributed by atoms with E-state index in [1.165, 1.54) is 46.3 Å². The second-order valence-corrected chi connectivity index (χ2v) is 7.97. The van der Waals surface area contributed by atoms with Gasteiger partial charge in [0, 0.05) is 16.0 Å². The Morgan fingerprint density at radius 1 is 1.27 bits per heavy atom. The normalized spacial score (nSPS) is 22.0. The molecule has 0 radical (unpaired) electrons. The van der Waals surface area contributed by atoms with E-state index in [9.17, 15) is 0 Å². The third-order valence-electron chi connectivity index (χ3n) is 4.27. The van der Waals surface area contributed by atoms with Crippen molar-refractivity contribution in [3.05, 3.63) is 16.3 Å². The molecule has 0 bridgehead atoms. The molecule has 1 fully saturated rings. The van der Waals surface area contributed by atoms with Crippen LogP contribution in [0.5, 0.6) is 0 Å². The van der Waals surface area contributed by atoms with Crippen LogP contribution >= 0.6 is 23.1 Å². The average Bonchev–Trinajstić information content (AvgIpc) is 2.91. The Balaban J connectivity index is 1.65. The van der Waals surface area contributed by atoms with Gasteiger partial charge in [-0.15, -0.1) is 23.1 Å². The molecule has 4 nitrogen and oxygen atoms in total. The summed E-state index contributed by atoms with van der Waals surface area (Å²) in [6, 6.07) is 0. The van der Waals surface area contributed by atoms with Crippen LogP contribution in [0.4, 0.5) is 0 Å². The van der Waals surface area contributed by atoms with Crippen LogP contribution in [-0.4, -0.2) is 35.2 Å². The van der Waals surface area contributed by atoms with Gasteiger partial charge in [-0.25, -0.2) is 9.97 Å². The number of hydrogen-bond donors (Lipinski definition) is 0. The minimum atomic E-state index is 0.276. The molecule has 118 valence electrons. The van der Waals surface area contributed by atoms with Crippen LogP contribution in [0.25, 0.3) is 10.2 Å². The first-order valence-corrected chi connectivity index (χ1v) is 9.72. The maximum atomic E-state index is 5.65. The van der Waals surface area contributed by atoms with E-state index >= 15 is 0 Å². The Labute approximate surface area is 138 Å². The largest absolute Gasteiger partial charge is 0.355 e. The Bertz CT molecular complexity index is 680. The molecule has 4 rings (SSSR count). The average molecular weight is 336 g/mol. The van der Waals surface area contributed by atoms with Gasteiger partial charge >= 0.3 is 0 Å². The highest BCUT2D eigenvalue weighted by molar-refractivity contribution is 7.99. The van der Waals surface area contributed by atoms with E-state index in [0.717, 1.165) is 29.6 Å². The first kappa shape index (κ1) is 14.9. The summed E-state index contributed by atoms with van der Waals surface area (Å²) < 4.78 is 10.9. The van der Waals surface area contributed by atoms with Gasteiger partial charge in [0.2, 0.25) is 0 Å². The molecule has 0 amide bonds. The quantitative estimate of drug-likeness (QED) is 0.631. The molecule has 2 aromatic heterocycles. The second-order valence-electron chi connectivity index (χ2n) is 5.88. The molecule has 1 saturated heterocycles. The molecule has 2 aromatic rings. The molecule has 0 N–H and O–H groups in total. The number of nitrogens with zero attached hydrogens (tertiary/aromatic N) is 2. The van der Waals surface area contributed by atoms with Crippen LogP contribution < -0.4 is 0 Å². The van der Waals surface area contributed by atoms with Gasteiger partial charge in [0.1, 0.15) is 22.5 Å². The van der Waals surface area contributed by atoms with Gasteiger partial charge < -0.3 is 9.47 Å². The molecule has 1 aliphatic heterocycles. The van der Waals surface area contributed by atoms with Crippen LogP contribution in [0.1, 0.15) is 35.5 Å². The molecule has 1 unspecified atom stereocenters. The van der Waals surface area contributed by atoms with Crippen LogP contribution in [0.3, 0.4) is 0 Å². The van der Waals surface area contributed by atoms with E-state index < -0.39 is 0 Å². The molecule has 0 spiro atoms. The monoisotopic (exact) mass is 336 g/mol. The van der Waals surface area contributed by atoms with Crippen LogP contribution in [-0.2, 0) is 22.3 Å². The van der Waals surface area contributed by atoms with E-state index in [2.05, 4.69) is 4.98 Å². The molecule has 2 aliphatic rings. The standard InChI is InChI=1S/C16H20N2O2S2/c1-10-17-15(21-8-11-6-7-19-9-20-11)14-12-4-2-3-5-13(12)22-16(14)18-10/h11H,2-9H2,1H3. The number of hydrogen-bond acceptors (Lipinski definition) is 6. The Morgan fingerprint density at radius 2 is 2.18 bits per heavy atom. The van der Waals surface area contributed by atoms with Crippen molar-refractivity contribution in [2.75, 3.05) is 19.2 Å². The Kier molecular flexibility index (Phi) is 4.35. The van der Waals surface area contributed by atoms with Crippen molar-refractivity contribution in [3.8, 4) is 0 Å². The highest BCUT2D eigenvalue weighted by Crippen LogP contribution is 2.39. The SMILES string of the molecule is Cc1nc(SCC2CCOCO2)c2c3c(sc2n1)CCCC3. The van der Waals surface area contributed by atoms with Gasteiger partial charge in [-0.3, -0.25) is 0 Å². The topological polar surface area (TPSA) is 44.2 Å². The molecule has 0 aromatic carbocycles. The lowest BCUT2D eigenvalue weighted by molar-refractivity contribution is -0.130. The third-order valence-corrected chi connectivity index (χ3v) is 6.56. The summed E-state index contributed by atoms with van der Waals surface area (Å²) in [5.74, 6) is 1.82. The van der Waals surface area contributed by atoms with Gasteiger partial charge in [-0.05, 0) is 44.6 Å². The van der Waals surface area contributed by atoms with Crippen molar-refractivity contribution in [1.82, 2.24) is 9.97 Å². The van der Waals surface area contributed by atoms with Gasteiger partial charge in [-0.2, -0.15) is 0 Å². The summed E-state index contributed by atoms with van der Waals surface area (Å²) in [6.07, 6.45) is 6.25. The lowest BCUT2D eigenvalue weighted by Crippen LogP contribution is -2.25. The third kappa shape index (κ3) is 2.89. The van der Waals surface area contributed by atoms with Crippen molar-refractivity contribution in [1.29, 1.82) is 0 Å². The van der Waals surface area contributed by atoms with E-state index in [4.69, 9.17) is 14.5 Å². The summed E-state index contributed by atoms with van der Waals surface area (Å²) in [7, 11) is 0. The molecule has 0 saturated carbocycles. The zero-order valence-corrected chi connectivity index (χ0v) is 14.4. The number of thioether (sulfide) groups is 1. The first-order chi connectivity index (χ1) is 10.8. The van der Waals surface area contributed by atoms with Crippen molar-refractivity contribution in [2.24, 2.45) is 0 Å². The molecule has 1 aliphatic carbocycles. The minimum Gasteiger partial charge on any atom is -0.355 e. The van der Waals surface area contributed by atoms with Crippen molar-refractivity contribution < 1.29 is 9.47 Å². The lowest BCUT2D eigenvalue weighted by atomic mass is 9.97. The fraction of sp³-hybridized carbons (Fsp3) is 0.625. The highest BCUT2D eigenvalue weighted by atomic mass is 32.2. The smallest absolute Gasteiger partial charge is 0.147 e. The number of aryl methyl sites for hydroxylation is 3. The fourth-order valence-electron chi connectivity index (χ4n) is 3.13. The minimum absolute atomic E-state index is 0.276. The maximum absolute atomic E-state index is 5.65. The van der Waals surface area contributed by atoms with Crippen LogP contribution in [0.15, 0.2) is 5.03 Å². The highest BCUT2D eigenvalue weighted by Gasteiger charge is 2.22. The van der Waals surface area contributed by atoms with Crippen molar-refractivity contribution >= 4 is 33.3 Å². The molecule has 6 heteroatoms. The van der Waals surface area contributed by atoms with Gasteiger partial charge in [0.15, 0.2) is 0 Å². The predicted octanol–water partition coefficient (Wildman–Crippen LogP) is 3.73. The van der Waals surface area contributed by atoms with Crippen LogP contribution in [0, 0.1) is 6.92 Å². The molecule has 3 heterocycles. The zero-order valence-electron chi connectivity index (χ0n) is 12.8. The van der Waals surface area contributed by atoms with Gasteiger partial charge in [0.25, 0.3) is 0 Å². The van der Waals surface area contributed by atoms with E-state index in [1.807, 2.05) is 30.0 Å². The predicted molar refractivity (Wildman–Crippen MR) is 89.8 cm³/mol. The first-order valence-electron chi connectivity index (χ1n) is 7.92. The summed E-state index contributed by atoms with van der Waals surface area (Å²) in [6.45, 7) is 3.22. The Hall–Kier alpha value is -0.690. The Morgan fingerprint density at radius 3 is 3.05 bits per heavy atom. The number of fused-ring (bicyclic) bond motifs is 3. The molecular formula is C16H20N2O2S2. The van der Waals surface area contributed by atoms with E-state index in [-0.39, 0.29) is 6.10 Å². The van der Waals surface area contributed by atoms with Crippen molar-refractivity contribution in [3.63, 3.8) is 0 Å². The van der Waals surface area contributed by atoms with E-state index in [1.54, 1.807) is 0 Å². The number of thiophene rings is 1. The summed E-state index contributed by atoms with van der Waals surface area (Å²) in [5.41, 5.74) is 1.52. The fourth-order valence-corrected chi connectivity index (χ4v) is 5.67. The summed E-state index contributed by atoms with van der Waals surface area (Å²) >= 11 is 3.70. The second kappa shape index (κ2) is 6.43. The molecular weight excluding hydrogens is 316 g/mol. The number of rotatable bonds is 3. The number of aromatic nitrogens is 2. The van der Waals surface area contributed by atoms with Crippen molar-refractivity contribution in [2.45, 2.75) is 50.2 Å².